The van der Waals surface area contributed by atoms with Crippen molar-refractivity contribution in [1.82, 2.24) is 4.90 Å². The summed E-state index contributed by atoms with van der Waals surface area (Å²) in [4.78, 5) is 15.3. The van der Waals surface area contributed by atoms with E-state index in [0.29, 0.717) is 28.6 Å². The number of allylic oxidation sites excluding steroid dienone is 1. The number of carbonyl (C=O) groups excluding carboxylic acids is 1. The molecule has 2 aromatic carbocycles. The average Bonchev–Trinajstić information content (AvgIpc) is 2.86. The maximum Gasteiger partial charge on any atom is 0.193 e. The number of phenolic OH excluding ortho intramolecular Hbond substituents is 1. The number of benzene rings is 2. The lowest BCUT2D eigenvalue weighted by Gasteiger charge is -2.25. The Balaban J connectivity index is 2.11. The minimum absolute atomic E-state index is 0.0317. The highest BCUT2D eigenvalue weighted by atomic mass is 16.5. The maximum atomic E-state index is 13.1. The second kappa shape index (κ2) is 11.0. The average molecular weight is 470 g/mol. The largest absolute Gasteiger partial charge is 0.507 e. The first kappa shape index (κ1) is 25.0. The van der Waals surface area contributed by atoms with E-state index in [2.05, 4.69) is 18.0 Å². The fraction of sp³-hybridized carbons (Fsp3) is 0.346. The highest BCUT2D eigenvalue weighted by molar-refractivity contribution is 6.11. The van der Waals surface area contributed by atoms with Gasteiger partial charge in [0.25, 0.3) is 0 Å². The molecule has 1 aliphatic rings. The number of methoxy groups -OCH3 is 5. The Morgan fingerprint density at radius 1 is 0.941 bits per heavy atom. The number of ether oxygens (including phenoxy) is 5. The van der Waals surface area contributed by atoms with Gasteiger partial charge in [0, 0.05) is 31.3 Å². The molecule has 0 unspecified atom stereocenters. The van der Waals surface area contributed by atoms with Crippen molar-refractivity contribution >= 4 is 17.4 Å². The van der Waals surface area contributed by atoms with Gasteiger partial charge in [0.1, 0.15) is 40.1 Å². The van der Waals surface area contributed by atoms with Crippen molar-refractivity contribution in [2.75, 3.05) is 55.7 Å². The van der Waals surface area contributed by atoms with Gasteiger partial charge in [-0.25, -0.2) is 0 Å². The Kier molecular flexibility index (Phi) is 8.07. The van der Waals surface area contributed by atoms with Crippen LogP contribution in [0.2, 0.25) is 0 Å². The summed E-state index contributed by atoms with van der Waals surface area (Å²) in [5.74, 6) is 1.56. The molecule has 0 amide bonds. The van der Waals surface area contributed by atoms with Crippen LogP contribution in [0.15, 0.2) is 30.4 Å². The molecule has 0 spiro atoms. The van der Waals surface area contributed by atoms with Gasteiger partial charge in [-0.2, -0.15) is 0 Å². The quantitative estimate of drug-likeness (QED) is 0.435. The molecule has 34 heavy (non-hydrogen) atoms. The third-order valence-electron chi connectivity index (χ3n) is 5.78. The highest BCUT2D eigenvalue weighted by Gasteiger charge is 2.24. The predicted molar refractivity (Wildman–Crippen MR) is 131 cm³/mol. The summed E-state index contributed by atoms with van der Waals surface area (Å²) in [6.45, 7) is 1.72. The first-order valence-electron chi connectivity index (χ1n) is 10.8. The van der Waals surface area contributed by atoms with Gasteiger partial charge in [-0.1, -0.05) is 6.08 Å². The molecule has 2 aromatic rings. The van der Waals surface area contributed by atoms with Crippen LogP contribution in [0, 0.1) is 0 Å². The van der Waals surface area contributed by atoms with E-state index in [-0.39, 0.29) is 17.1 Å². The fourth-order valence-electron chi connectivity index (χ4n) is 3.97. The van der Waals surface area contributed by atoms with E-state index >= 15 is 0 Å². The van der Waals surface area contributed by atoms with Crippen LogP contribution >= 0.6 is 0 Å². The van der Waals surface area contributed by atoms with Crippen molar-refractivity contribution in [2.45, 2.75) is 6.42 Å². The number of hydrogen-bond acceptors (Lipinski definition) is 8. The molecule has 1 heterocycles. The summed E-state index contributed by atoms with van der Waals surface area (Å²) in [7, 11) is 9.68. The lowest BCUT2D eigenvalue weighted by atomic mass is 9.94. The van der Waals surface area contributed by atoms with E-state index in [9.17, 15) is 9.90 Å². The van der Waals surface area contributed by atoms with Gasteiger partial charge in [0.05, 0.1) is 46.7 Å². The molecule has 3 rings (SSSR count). The van der Waals surface area contributed by atoms with Crippen LogP contribution in [0.5, 0.6) is 34.5 Å². The van der Waals surface area contributed by atoms with Crippen LogP contribution in [0.25, 0.3) is 11.6 Å². The standard InChI is InChI=1S/C26H31NO7/c1-27-11-9-16(10-12-27)24-23(33-5)15-21(31-3)18(26(24)34-6)7-8-19(28)25-20(29)13-17(30-2)14-22(25)32-4/h7-9,13-15,29H,10-12H2,1-6H3/b8-7+. The van der Waals surface area contributed by atoms with Crippen molar-refractivity contribution in [3.05, 3.63) is 47.0 Å². The van der Waals surface area contributed by atoms with E-state index in [4.69, 9.17) is 23.7 Å². The molecule has 0 aliphatic carbocycles. The van der Waals surface area contributed by atoms with Gasteiger partial charge in [-0.15, -0.1) is 0 Å². The Hall–Kier alpha value is -3.65. The highest BCUT2D eigenvalue weighted by Crippen LogP contribution is 2.45. The van der Waals surface area contributed by atoms with Gasteiger partial charge < -0.3 is 33.7 Å². The molecule has 0 atom stereocenters. The van der Waals surface area contributed by atoms with E-state index in [0.717, 1.165) is 30.6 Å². The smallest absolute Gasteiger partial charge is 0.193 e. The SMILES string of the molecule is COc1cc(O)c(C(=O)/C=C/c2c(OC)cc(OC)c(C3=CCN(C)CC3)c2OC)c(OC)c1. The number of nitrogens with zero attached hydrogens (tertiary/aromatic N) is 1. The Bertz CT molecular complexity index is 1120. The summed E-state index contributed by atoms with van der Waals surface area (Å²) in [5, 5.41) is 10.4. The zero-order valence-electron chi connectivity index (χ0n) is 20.4. The molecule has 0 saturated carbocycles. The van der Waals surface area contributed by atoms with Gasteiger partial charge >= 0.3 is 0 Å². The maximum absolute atomic E-state index is 13.1. The molecular weight excluding hydrogens is 438 g/mol. The molecule has 0 radical (unpaired) electrons. The molecule has 0 fully saturated rings. The minimum Gasteiger partial charge on any atom is -0.507 e. The van der Waals surface area contributed by atoms with Crippen molar-refractivity contribution in [3.8, 4) is 34.5 Å². The van der Waals surface area contributed by atoms with Crippen LogP contribution < -0.4 is 23.7 Å². The van der Waals surface area contributed by atoms with Gasteiger partial charge in [0.15, 0.2) is 5.78 Å². The van der Waals surface area contributed by atoms with Crippen molar-refractivity contribution < 1.29 is 33.6 Å². The zero-order valence-corrected chi connectivity index (χ0v) is 20.4. The van der Waals surface area contributed by atoms with E-state index in [1.165, 1.54) is 26.4 Å². The van der Waals surface area contributed by atoms with Crippen LogP contribution in [-0.2, 0) is 0 Å². The van der Waals surface area contributed by atoms with E-state index < -0.39 is 5.78 Å². The Morgan fingerprint density at radius 2 is 1.65 bits per heavy atom. The third kappa shape index (κ3) is 4.97. The summed E-state index contributed by atoms with van der Waals surface area (Å²) in [6, 6.07) is 4.69. The normalized spacial score (nSPS) is 14.0. The number of hydrogen-bond donors (Lipinski definition) is 1. The van der Waals surface area contributed by atoms with Crippen molar-refractivity contribution in [1.29, 1.82) is 0 Å². The molecular formula is C26H31NO7. The van der Waals surface area contributed by atoms with Crippen LogP contribution in [0.3, 0.4) is 0 Å². The number of ketones is 1. The molecule has 1 N–H and O–H groups in total. The van der Waals surface area contributed by atoms with Crippen molar-refractivity contribution in [2.24, 2.45) is 0 Å². The molecule has 8 nitrogen and oxygen atoms in total. The van der Waals surface area contributed by atoms with E-state index in [1.54, 1.807) is 39.5 Å². The summed E-state index contributed by atoms with van der Waals surface area (Å²) in [5.41, 5.74) is 2.55. The Morgan fingerprint density at radius 3 is 2.21 bits per heavy atom. The van der Waals surface area contributed by atoms with Gasteiger partial charge in [-0.05, 0) is 31.2 Å². The van der Waals surface area contributed by atoms with E-state index in [1.807, 2.05) is 0 Å². The first-order chi connectivity index (χ1) is 16.4. The second-order valence-corrected chi connectivity index (χ2v) is 7.77. The van der Waals surface area contributed by atoms with Gasteiger partial charge in [0.2, 0.25) is 0 Å². The lowest BCUT2D eigenvalue weighted by molar-refractivity contribution is 0.104. The van der Waals surface area contributed by atoms with Crippen LogP contribution in [-0.4, -0.2) is 71.5 Å². The van der Waals surface area contributed by atoms with Gasteiger partial charge in [-0.3, -0.25) is 4.79 Å². The molecule has 182 valence electrons. The summed E-state index contributed by atoms with van der Waals surface area (Å²) >= 11 is 0. The molecule has 1 aliphatic heterocycles. The monoisotopic (exact) mass is 469 g/mol. The third-order valence-corrected chi connectivity index (χ3v) is 5.78. The Labute approximate surface area is 199 Å². The molecule has 0 saturated heterocycles. The van der Waals surface area contributed by atoms with Crippen LogP contribution in [0.4, 0.5) is 0 Å². The number of likely N-dealkylation sites (N-methyl/N-ethyl adjacent to an activating group) is 1. The van der Waals surface area contributed by atoms with Crippen molar-refractivity contribution in [3.63, 3.8) is 0 Å². The minimum atomic E-state index is -0.447. The first-order valence-corrected chi connectivity index (χ1v) is 10.8. The fourth-order valence-corrected chi connectivity index (χ4v) is 3.97. The topological polar surface area (TPSA) is 86.7 Å². The van der Waals surface area contributed by atoms with Crippen LogP contribution in [0.1, 0.15) is 27.9 Å². The number of rotatable bonds is 9. The zero-order chi connectivity index (χ0) is 24.8. The molecule has 8 heteroatoms. The number of phenols is 1. The summed E-state index contributed by atoms with van der Waals surface area (Å²) < 4.78 is 27.5. The lowest BCUT2D eigenvalue weighted by Crippen LogP contribution is -2.24. The molecule has 0 bridgehead atoms. The predicted octanol–water partition coefficient (Wildman–Crippen LogP) is 4.05. The number of aromatic hydroxyl groups is 1. The second-order valence-electron chi connectivity index (χ2n) is 7.77. The summed E-state index contributed by atoms with van der Waals surface area (Å²) in [6.07, 6.45) is 5.94. The number of carbonyl (C=O) groups is 1. The molecule has 0 aromatic heterocycles.